The van der Waals surface area contributed by atoms with Gasteiger partial charge in [-0.05, 0) is 82.7 Å². The molecule has 0 radical (unpaired) electrons. The third-order valence-corrected chi connectivity index (χ3v) is 15.0. The normalized spacial score (nSPS) is 21.6. The number of thiazole rings is 1. The number of hydrogen-bond donors (Lipinski definition) is 2. The van der Waals surface area contributed by atoms with Gasteiger partial charge in [0.05, 0.1) is 46.7 Å². The third kappa shape index (κ3) is 10.2. The van der Waals surface area contributed by atoms with Crippen molar-refractivity contribution >= 4 is 51.7 Å². The second-order valence-corrected chi connectivity index (χ2v) is 21.0. The Kier molecular flexibility index (Phi) is 14.6. The van der Waals surface area contributed by atoms with Crippen LogP contribution in [-0.4, -0.2) is 150 Å². The molecule has 4 aromatic rings. The number of amides is 4. The van der Waals surface area contributed by atoms with Crippen LogP contribution in [0.1, 0.15) is 89.6 Å². The molecular formula is C50H70N10O6S. The minimum atomic E-state index is -1.03. The lowest BCUT2D eigenvalue weighted by Crippen LogP contribution is -2.62. The molecule has 0 saturated carbocycles. The van der Waals surface area contributed by atoms with E-state index in [1.807, 2.05) is 32.3 Å². The lowest BCUT2D eigenvalue weighted by atomic mass is 9.84. The molecule has 2 N–H and O–H groups in total. The predicted molar refractivity (Wildman–Crippen MR) is 262 cm³/mol. The summed E-state index contributed by atoms with van der Waals surface area (Å²) in [4.78, 5) is 74.9. The number of hydrogen-bond acceptors (Lipinski definition) is 12. The summed E-state index contributed by atoms with van der Waals surface area (Å²) in [6, 6.07) is 5.97. The first-order valence-electron chi connectivity index (χ1n) is 24.2. The Bertz CT molecular complexity index is 2450. The van der Waals surface area contributed by atoms with Gasteiger partial charge in [-0.3, -0.25) is 24.4 Å². The maximum atomic E-state index is 14.6. The highest BCUT2D eigenvalue weighted by Crippen LogP contribution is 2.43. The fourth-order valence-electron chi connectivity index (χ4n) is 10.3. The zero-order valence-electron chi connectivity index (χ0n) is 40.9. The van der Waals surface area contributed by atoms with Gasteiger partial charge < -0.3 is 39.0 Å². The molecule has 7 heterocycles. The topological polar surface area (TPSA) is 158 Å². The van der Waals surface area contributed by atoms with Crippen LogP contribution in [0.25, 0.3) is 33.4 Å². The molecule has 0 spiro atoms. The van der Waals surface area contributed by atoms with Crippen LogP contribution in [0.15, 0.2) is 35.8 Å². The summed E-state index contributed by atoms with van der Waals surface area (Å²) < 4.78 is 14.5. The van der Waals surface area contributed by atoms with Gasteiger partial charge in [-0.2, -0.15) is 0 Å². The minimum Gasteiger partial charge on any atom is -0.464 e. The van der Waals surface area contributed by atoms with E-state index in [0.717, 1.165) is 89.4 Å². The summed E-state index contributed by atoms with van der Waals surface area (Å²) in [5.74, 6) is -1.46. The second kappa shape index (κ2) is 20.2. The number of urea groups is 1. The number of carbonyl (C=O) groups is 4. The molecule has 3 saturated heterocycles. The van der Waals surface area contributed by atoms with Crippen molar-refractivity contribution in [3.05, 3.63) is 52.1 Å². The lowest BCUT2D eigenvalue weighted by Gasteiger charge is -2.37. The number of hydrazine groups is 1. The van der Waals surface area contributed by atoms with Crippen molar-refractivity contribution < 1.29 is 28.7 Å². The quantitative estimate of drug-likeness (QED) is 0.186. The molecule has 4 atom stereocenters. The number of piperazine rings is 1. The summed E-state index contributed by atoms with van der Waals surface area (Å²) in [6.07, 6.45) is 5.33. The second-order valence-electron chi connectivity index (χ2n) is 20.0. The molecule has 17 heteroatoms. The van der Waals surface area contributed by atoms with Crippen LogP contribution in [0.3, 0.4) is 0 Å². The SMILES string of the molecule is CCn1c(-c2cc(N3CCN(C)CC3)cnc2[C@H](C)OC)c2c3cc(ccc31)-c1csc(n1)CC(NC(=O)[C@H](C(C)C)N(C)C(=O)N1CCCC1)C(=O)N1CCC[C@H](N1)C(=O)OCC(C)(C)C2. The Morgan fingerprint density at radius 2 is 1.79 bits per heavy atom. The molecule has 1 aromatic carbocycles. The first kappa shape index (κ1) is 48.4. The van der Waals surface area contributed by atoms with Crippen molar-refractivity contribution in [1.29, 1.82) is 0 Å². The number of benzene rings is 1. The van der Waals surface area contributed by atoms with Gasteiger partial charge in [-0.1, -0.05) is 33.8 Å². The van der Waals surface area contributed by atoms with Crippen molar-refractivity contribution in [2.75, 3.05) is 78.5 Å². The Labute approximate surface area is 399 Å². The van der Waals surface area contributed by atoms with Crippen LogP contribution in [0.5, 0.6) is 0 Å². The average molecular weight is 939 g/mol. The standard InChI is InChI=1S/C50H70N10O6S/c1-10-59-41-16-15-33-24-35(41)37(45(59)36-25-34(28-51-43(36)32(4)65-9)57-22-20-55(7)21-23-57)27-50(5,6)30-66-48(63)38-14-13-19-60(54-38)47(62)39(26-42-52-40(33)29-67-42)53-46(61)44(31(2)3)56(8)49(64)58-17-11-12-18-58/h15-16,24-25,28-29,31-32,38-39,44,54H,10-14,17-23,26-27,30H2,1-9H3,(H,53,61)/t32-,38-,39?,44-/m0/s1. The minimum absolute atomic E-state index is 0.117. The number of esters is 1. The zero-order chi connectivity index (χ0) is 47.7. The number of aromatic nitrogens is 3. The number of nitrogens with zero attached hydrogens (tertiary/aromatic N) is 8. The van der Waals surface area contributed by atoms with Gasteiger partial charge in [-0.15, -0.1) is 11.3 Å². The number of likely N-dealkylation sites (tertiary alicyclic amines) is 1. The number of nitrogens with one attached hydrogen (secondary N) is 2. The van der Waals surface area contributed by atoms with Crippen molar-refractivity contribution in [1.82, 2.24) is 45.0 Å². The first-order valence-corrected chi connectivity index (χ1v) is 25.1. The third-order valence-electron chi connectivity index (χ3n) is 14.1. The number of anilines is 1. The van der Waals surface area contributed by atoms with Crippen LogP contribution in [-0.2, 0) is 43.2 Å². The van der Waals surface area contributed by atoms with Gasteiger partial charge in [0.2, 0.25) is 5.91 Å². The molecule has 4 aliphatic rings. The van der Waals surface area contributed by atoms with E-state index in [4.69, 9.17) is 19.4 Å². The summed E-state index contributed by atoms with van der Waals surface area (Å²) in [6.45, 7) is 18.5. The highest BCUT2D eigenvalue weighted by Gasteiger charge is 2.39. The van der Waals surface area contributed by atoms with Crippen LogP contribution in [0.4, 0.5) is 10.5 Å². The fourth-order valence-corrected chi connectivity index (χ4v) is 11.1. The Hall–Kier alpha value is -5.10. The number of likely N-dealkylation sites (N-methyl/N-ethyl adjacent to an activating group) is 2. The van der Waals surface area contributed by atoms with Gasteiger partial charge in [0.25, 0.3) is 5.91 Å². The van der Waals surface area contributed by atoms with Gasteiger partial charge in [0.15, 0.2) is 0 Å². The number of carbonyl (C=O) groups excluding carboxylic acids is 4. The van der Waals surface area contributed by atoms with E-state index >= 15 is 0 Å². The van der Waals surface area contributed by atoms with E-state index in [0.29, 0.717) is 50.4 Å². The molecule has 16 nitrogen and oxygen atoms in total. The molecule has 4 aliphatic heterocycles. The number of rotatable bonds is 9. The zero-order valence-corrected chi connectivity index (χ0v) is 41.7. The summed E-state index contributed by atoms with van der Waals surface area (Å²) in [5.41, 5.74) is 10.6. The molecule has 8 rings (SSSR count). The number of methoxy groups -OCH3 is 1. The van der Waals surface area contributed by atoms with E-state index in [9.17, 15) is 19.2 Å². The Balaban J connectivity index is 1.22. The average Bonchev–Trinajstić information content (AvgIpc) is 4.10. The van der Waals surface area contributed by atoms with Gasteiger partial charge >= 0.3 is 12.0 Å². The lowest BCUT2D eigenvalue weighted by molar-refractivity contribution is -0.155. The number of aryl methyl sites for hydroxylation is 1. The van der Waals surface area contributed by atoms with E-state index in [1.54, 1.807) is 19.1 Å². The molecule has 1 unspecified atom stereocenters. The van der Waals surface area contributed by atoms with Crippen molar-refractivity contribution in [3.63, 3.8) is 0 Å². The number of fused-ring (bicyclic) bond motifs is 6. The Morgan fingerprint density at radius 1 is 1.04 bits per heavy atom. The maximum absolute atomic E-state index is 14.6. The van der Waals surface area contributed by atoms with E-state index in [-0.39, 0.29) is 37.0 Å². The molecule has 3 aromatic heterocycles. The summed E-state index contributed by atoms with van der Waals surface area (Å²) in [7, 11) is 5.54. The molecule has 4 amide bonds. The van der Waals surface area contributed by atoms with E-state index in [1.165, 1.54) is 21.2 Å². The monoisotopic (exact) mass is 939 g/mol. The van der Waals surface area contributed by atoms with Crippen LogP contribution in [0.2, 0.25) is 0 Å². The molecule has 3 fully saturated rings. The highest BCUT2D eigenvalue weighted by atomic mass is 32.1. The number of pyridine rings is 1. The van der Waals surface area contributed by atoms with Gasteiger partial charge in [0, 0.05) is 106 Å². The number of cyclic esters (lactones) is 1. The van der Waals surface area contributed by atoms with E-state index in [2.05, 4.69) is 77.2 Å². The van der Waals surface area contributed by atoms with Gasteiger partial charge in [-0.25, -0.2) is 15.2 Å². The van der Waals surface area contributed by atoms with Crippen LogP contribution >= 0.6 is 11.3 Å². The number of ether oxygens (including phenoxy) is 2. The van der Waals surface area contributed by atoms with E-state index < -0.39 is 35.4 Å². The van der Waals surface area contributed by atoms with Crippen molar-refractivity contribution in [2.24, 2.45) is 11.3 Å². The van der Waals surface area contributed by atoms with Crippen LogP contribution < -0.4 is 15.6 Å². The largest absolute Gasteiger partial charge is 0.464 e. The molecule has 362 valence electrons. The summed E-state index contributed by atoms with van der Waals surface area (Å²) in [5, 5.41) is 8.27. The molecule has 6 bridgehead atoms. The predicted octanol–water partition coefficient (Wildman–Crippen LogP) is 6.13. The summed E-state index contributed by atoms with van der Waals surface area (Å²) >= 11 is 1.44. The van der Waals surface area contributed by atoms with Crippen LogP contribution in [0, 0.1) is 11.3 Å². The highest BCUT2D eigenvalue weighted by molar-refractivity contribution is 7.10. The molecular weight excluding hydrogens is 869 g/mol. The maximum Gasteiger partial charge on any atom is 0.324 e. The smallest absolute Gasteiger partial charge is 0.324 e. The Morgan fingerprint density at radius 3 is 2.49 bits per heavy atom. The fraction of sp³-hybridized carbons (Fsp3) is 0.600. The van der Waals surface area contributed by atoms with Gasteiger partial charge in [0.1, 0.15) is 18.1 Å². The first-order chi connectivity index (χ1) is 32.1. The molecule has 67 heavy (non-hydrogen) atoms. The molecule has 0 aliphatic carbocycles. The van der Waals surface area contributed by atoms with Crippen molar-refractivity contribution in [3.8, 4) is 22.5 Å². The van der Waals surface area contributed by atoms with Crippen molar-refractivity contribution in [2.45, 2.75) is 111 Å².